The van der Waals surface area contributed by atoms with Crippen LogP contribution in [-0.4, -0.2) is 44.6 Å². The first-order valence-electron chi connectivity index (χ1n) is 13.8. The molecule has 3 aromatic carbocycles. The van der Waals surface area contributed by atoms with Crippen molar-refractivity contribution in [2.75, 3.05) is 10.0 Å². The second kappa shape index (κ2) is 9.91. The summed E-state index contributed by atoms with van der Waals surface area (Å²) in [4.78, 5) is 15.4. The number of benzene rings is 3. The number of nitrogens with zero attached hydrogens (tertiary/aromatic N) is 2. The summed E-state index contributed by atoms with van der Waals surface area (Å²) in [6.07, 6.45) is 2.67. The fourth-order valence-corrected chi connectivity index (χ4v) is 9.20. The molecule has 13 heteroatoms. The number of aliphatic hydroxyl groups is 1. The zero-order valence-corrected chi connectivity index (χ0v) is 24.3. The van der Waals surface area contributed by atoms with Gasteiger partial charge in [0.1, 0.15) is 22.0 Å². The van der Waals surface area contributed by atoms with Crippen LogP contribution in [0.25, 0.3) is 0 Å². The van der Waals surface area contributed by atoms with E-state index in [0.29, 0.717) is 5.56 Å². The first kappa shape index (κ1) is 27.6. The Morgan fingerprint density at radius 3 is 2.49 bits per heavy atom. The topological polar surface area (TPSA) is 145 Å². The molecule has 3 N–H and O–H groups in total. The van der Waals surface area contributed by atoms with Crippen LogP contribution in [0.1, 0.15) is 24.8 Å². The van der Waals surface area contributed by atoms with Gasteiger partial charge in [0.15, 0.2) is 5.84 Å². The molecule has 0 radical (unpaired) electrons. The van der Waals surface area contributed by atoms with Gasteiger partial charge in [0.2, 0.25) is 0 Å². The summed E-state index contributed by atoms with van der Waals surface area (Å²) in [6.45, 7) is 0.168. The van der Waals surface area contributed by atoms with Gasteiger partial charge in [-0.15, -0.1) is 4.40 Å². The number of hydrogen-bond donors (Lipinski definition) is 3. The zero-order chi connectivity index (χ0) is 30.1. The van der Waals surface area contributed by atoms with Gasteiger partial charge >= 0.3 is 0 Å². The third-order valence-electron chi connectivity index (χ3n) is 8.81. The molecule has 0 saturated heterocycles. The third-order valence-corrected chi connectivity index (χ3v) is 11.5. The quantitative estimate of drug-likeness (QED) is 0.369. The standard InChI is InChI=1S/C30H27FN4O6S2/c31-20-10-6-17(7-11-20)16-35-27-19-9-8-18(14-19)25(27)28(36)26(30(35)37)29-32-23-13-12-21(15-24(23)43(40,41)34-29)33-42(38,39)22-4-2-1-3-5-22/h1-7,10-13,15,18-19,25,27,33,36H,8-9,14,16H2,(H,32,34)/t18-,19+,25?,27?/m0/s1. The van der Waals surface area contributed by atoms with E-state index >= 15 is 0 Å². The number of halogens is 1. The van der Waals surface area contributed by atoms with Gasteiger partial charge in [-0.3, -0.25) is 9.52 Å². The van der Waals surface area contributed by atoms with Gasteiger partial charge in [0, 0.05) is 18.5 Å². The van der Waals surface area contributed by atoms with Crippen molar-refractivity contribution in [3.63, 3.8) is 0 Å². The van der Waals surface area contributed by atoms with Crippen LogP contribution < -0.4 is 10.0 Å². The van der Waals surface area contributed by atoms with Crippen LogP contribution in [0.15, 0.2) is 98.3 Å². The van der Waals surface area contributed by atoms with Gasteiger partial charge in [0.25, 0.3) is 26.0 Å². The van der Waals surface area contributed by atoms with Crippen LogP contribution in [0, 0.1) is 23.6 Å². The molecule has 43 heavy (non-hydrogen) atoms. The highest BCUT2D eigenvalue weighted by atomic mass is 32.2. The van der Waals surface area contributed by atoms with E-state index in [1.165, 1.54) is 36.4 Å². The Hall–Kier alpha value is -4.23. The van der Waals surface area contributed by atoms with E-state index in [0.717, 1.165) is 25.3 Å². The number of anilines is 2. The number of fused-ring (bicyclic) bond motifs is 6. The summed E-state index contributed by atoms with van der Waals surface area (Å²) in [5.41, 5.74) is 0.594. The molecule has 7 rings (SSSR count). The van der Waals surface area contributed by atoms with Gasteiger partial charge in [-0.05, 0) is 79.1 Å². The molecule has 0 spiro atoms. The second-order valence-electron chi connectivity index (χ2n) is 11.3. The Kier molecular flexibility index (Phi) is 6.36. The minimum atomic E-state index is -4.41. The number of carbonyl (C=O) groups is 1. The number of sulfonamides is 2. The molecule has 2 unspecified atom stereocenters. The van der Waals surface area contributed by atoms with Gasteiger partial charge in [-0.1, -0.05) is 30.3 Å². The van der Waals surface area contributed by atoms with E-state index < -0.39 is 31.8 Å². The monoisotopic (exact) mass is 622 g/mol. The Morgan fingerprint density at radius 1 is 1.02 bits per heavy atom. The van der Waals surface area contributed by atoms with Crippen molar-refractivity contribution in [3.05, 3.63) is 95.5 Å². The Bertz CT molecular complexity index is 1930. The van der Waals surface area contributed by atoms with Crippen LogP contribution in [0.2, 0.25) is 0 Å². The van der Waals surface area contributed by atoms with E-state index in [4.69, 9.17) is 0 Å². The maximum absolute atomic E-state index is 14.0. The van der Waals surface area contributed by atoms with E-state index in [1.807, 2.05) is 0 Å². The summed E-state index contributed by atoms with van der Waals surface area (Å²) >= 11 is 0. The lowest BCUT2D eigenvalue weighted by atomic mass is 9.77. The van der Waals surface area contributed by atoms with Crippen LogP contribution in [0.4, 0.5) is 15.8 Å². The molecule has 1 amide bonds. The third kappa shape index (κ3) is 4.67. The van der Waals surface area contributed by atoms with Crippen molar-refractivity contribution in [2.24, 2.45) is 22.2 Å². The molecule has 2 fully saturated rings. The van der Waals surface area contributed by atoms with E-state index in [-0.39, 0.29) is 68.7 Å². The van der Waals surface area contributed by atoms with Crippen molar-refractivity contribution in [1.29, 1.82) is 0 Å². The molecular weight excluding hydrogens is 595 g/mol. The molecule has 2 bridgehead atoms. The van der Waals surface area contributed by atoms with Crippen molar-refractivity contribution >= 4 is 43.2 Å². The van der Waals surface area contributed by atoms with Crippen LogP contribution in [0.3, 0.4) is 0 Å². The highest BCUT2D eigenvalue weighted by Crippen LogP contribution is 2.55. The predicted molar refractivity (Wildman–Crippen MR) is 157 cm³/mol. The molecule has 3 aromatic rings. The summed E-state index contributed by atoms with van der Waals surface area (Å²) in [5, 5.41) is 14.4. The number of nitrogens with one attached hydrogen (secondary N) is 2. The number of amides is 1. The molecule has 4 aliphatic rings. The lowest BCUT2D eigenvalue weighted by molar-refractivity contribution is -0.134. The molecule has 0 aromatic heterocycles. The number of aliphatic hydroxyl groups excluding tert-OH is 1. The minimum absolute atomic E-state index is 0.0105. The van der Waals surface area contributed by atoms with Crippen molar-refractivity contribution in [2.45, 2.75) is 41.6 Å². The number of rotatable bonds is 6. The predicted octanol–water partition coefficient (Wildman–Crippen LogP) is 4.41. The average molecular weight is 623 g/mol. The maximum Gasteiger partial charge on any atom is 0.286 e. The Labute approximate surface area is 248 Å². The molecule has 222 valence electrons. The Morgan fingerprint density at radius 2 is 1.74 bits per heavy atom. The van der Waals surface area contributed by atoms with Gasteiger partial charge < -0.3 is 15.3 Å². The summed E-state index contributed by atoms with van der Waals surface area (Å²) in [6, 6.07) is 17.2. The van der Waals surface area contributed by atoms with Gasteiger partial charge in [-0.25, -0.2) is 12.8 Å². The molecule has 10 nitrogen and oxygen atoms in total. The average Bonchev–Trinajstić information content (AvgIpc) is 3.60. The zero-order valence-electron chi connectivity index (χ0n) is 22.6. The van der Waals surface area contributed by atoms with E-state index in [1.54, 1.807) is 35.2 Å². The van der Waals surface area contributed by atoms with Crippen LogP contribution in [-0.2, 0) is 31.4 Å². The van der Waals surface area contributed by atoms with Gasteiger partial charge in [0.05, 0.1) is 16.3 Å². The van der Waals surface area contributed by atoms with E-state index in [2.05, 4.69) is 14.4 Å². The fraction of sp³-hybridized carbons (Fsp3) is 0.267. The summed E-state index contributed by atoms with van der Waals surface area (Å²) in [7, 11) is -8.39. The van der Waals surface area contributed by atoms with Crippen LogP contribution >= 0.6 is 0 Å². The lowest BCUT2D eigenvalue weighted by Crippen LogP contribution is -2.53. The number of amidine groups is 1. The molecule has 2 aliphatic heterocycles. The Balaban J connectivity index is 1.24. The van der Waals surface area contributed by atoms with E-state index in [9.17, 15) is 31.1 Å². The number of hydrogen-bond acceptors (Lipinski definition) is 7. The largest absolute Gasteiger partial charge is 0.511 e. The first-order valence-corrected chi connectivity index (χ1v) is 16.8. The van der Waals surface area contributed by atoms with Crippen molar-refractivity contribution < 1.29 is 31.1 Å². The number of carbonyl (C=O) groups excluding carboxylic acids is 1. The first-order chi connectivity index (χ1) is 20.5. The molecule has 2 heterocycles. The molecular formula is C30H27FN4O6S2. The van der Waals surface area contributed by atoms with Crippen LogP contribution in [0.5, 0.6) is 0 Å². The highest BCUT2D eigenvalue weighted by Gasteiger charge is 2.57. The summed E-state index contributed by atoms with van der Waals surface area (Å²) < 4.78 is 72.3. The second-order valence-corrected chi connectivity index (χ2v) is 14.6. The molecule has 2 saturated carbocycles. The SMILES string of the molecule is O=C1C(C2=NS(=O)(=O)c3cc(NS(=O)(=O)c4ccccc4)ccc3N2)=C(O)C2C([C@@H]3CC[C@H]2C3)N1Cc1ccc(F)cc1. The fourth-order valence-electron chi connectivity index (χ4n) is 6.98. The van der Waals surface area contributed by atoms with Crippen molar-refractivity contribution in [3.8, 4) is 0 Å². The molecule has 4 atom stereocenters. The smallest absolute Gasteiger partial charge is 0.286 e. The van der Waals surface area contributed by atoms with Gasteiger partial charge in [-0.2, -0.15) is 8.42 Å². The van der Waals surface area contributed by atoms with Crippen molar-refractivity contribution in [1.82, 2.24) is 4.90 Å². The normalized spacial score (nSPS) is 25.6. The maximum atomic E-state index is 14.0. The molecule has 2 aliphatic carbocycles. The highest BCUT2D eigenvalue weighted by molar-refractivity contribution is 7.92. The summed E-state index contributed by atoms with van der Waals surface area (Å²) in [5.74, 6) is -1.45. The lowest BCUT2D eigenvalue weighted by Gasteiger charge is -2.44. The minimum Gasteiger partial charge on any atom is -0.511 e.